The summed E-state index contributed by atoms with van der Waals surface area (Å²) >= 11 is 0. The first kappa shape index (κ1) is 27.0. The van der Waals surface area contributed by atoms with E-state index >= 15 is 0 Å². The Morgan fingerprint density at radius 3 is 2.64 bits per heavy atom. The predicted octanol–water partition coefficient (Wildman–Crippen LogP) is 4.66. The van der Waals surface area contributed by atoms with Crippen LogP contribution in [-0.4, -0.2) is 45.9 Å². The highest BCUT2D eigenvalue weighted by molar-refractivity contribution is 14.0. The molecule has 2 aromatic carbocycles. The van der Waals surface area contributed by atoms with Crippen molar-refractivity contribution < 1.29 is 9.47 Å². The van der Waals surface area contributed by atoms with Gasteiger partial charge in [0.15, 0.2) is 5.96 Å². The van der Waals surface area contributed by atoms with Gasteiger partial charge in [-0.2, -0.15) is 0 Å². The second kappa shape index (κ2) is 14.8. The second-order valence-corrected chi connectivity index (χ2v) is 7.90. The van der Waals surface area contributed by atoms with Crippen molar-refractivity contribution in [1.29, 1.82) is 0 Å². The van der Waals surface area contributed by atoms with Crippen LogP contribution in [0.1, 0.15) is 30.0 Å². The van der Waals surface area contributed by atoms with Gasteiger partial charge in [0.1, 0.15) is 5.75 Å². The van der Waals surface area contributed by atoms with Crippen LogP contribution in [0.5, 0.6) is 5.75 Å². The lowest BCUT2D eigenvalue weighted by molar-refractivity contribution is 0.171. The summed E-state index contributed by atoms with van der Waals surface area (Å²) in [5.74, 6) is 1.71. The van der Waals surface area contributed by atoms with E-state index in [0.717, 1.165) is 43.3 Å². The molecule has 2 aromatic rings. The maximum absolute atomic E-state index is 6.01. The monoisotopic (exact) mass is 564 g/mol. The first-order valence-corrected chi connectivity index (χ1v) is 11.4. The summed E-state index contributed by atoms with van der Waals surface area (Å²) in [4.78, 5) is 7.15. The summed E-state index contributed by atoms with van der Waals surface area (Å²) < 4.78 is 11.1. The number of halogens is 1. The maximum atomic E-state index is 6.01. The molecule has 3 rings (SSSR count). The zero-order chi connectivity index (χ0) is 22.6. The largest absolute Gasteiger partial charge is 0.493 e. The number of ether oxygens (including phenoxy) is 2. The van der Waals surface area contributed by atoms with Crippen molar-refractivity contribution in [3.8, 4) is 5.75 Å². The van der Waals surface area contributed by atoms with Crippen molar-refractivity contribution in [2.24, 2.45) is 4.99 Å². The Bertz CT molecular complexity index is 909. The highest BCUT2D eigenvalue weighted by atomic mass is 127. The zero-order valence-electron chi connectivity index (χ0n) is 20.0. The fourth-order valence-electron chi connectivity index (χ4n) is 3.56. The molecule has 1 aliphatic heterocycles. The quantitative estimate of drug-likeness (QED) is 0.137. The minimum atomic E-state index is 0. The summed E-state index contributed by atoms with van der Waals surface area (Å²) in [7, 11) is 1.71. The number of benzene rings is 2. The van der Waals surface area contributed by atoms with Gasteiger partial charge in [0.2, 0.25) is 0 Å². The number of guanidine groups is 1. The molecular formula is C26H37IN4O2. The third-order valence-corrected chi connectivity index (χ3v) is 5.28. The zero-order valence-corrected chi connectivity index (χ0v) is 22.3. The van der Waals surface area contributed by atoms with Gasteiger partial charge in [-0.05, 0) is 43.2 Å². The van der Waals surface area contributed by atoms with E-state index in [-0.39, 0.29) is 24.0 Å². The van der Waals surface area contributed by atoms with Gasteiger partial charge >= 0.3 is 0 Å². The summed E-state index contributed by atoms with van der Waals surface area (Å²) in [6, 6.07) is 14.9. The maximum Gasteiger partial charge on any atom is 0.191 e. The number of hydrogen-bond acceptors (Lipinski definition) is 4. The molecule has 0 saturated heterocycles. The van der Waals surface area contributed by atoms with E-state index in [1.54, 1.807) is 7.11 Å². The van der Waals surface area contributed by atoms with E-state index in [4.69, 9.17) is 14.5 Å². The molecule has 0 atom stereocenters. The number of rotatable bonds is 11. The van der Waals surface area contributed by atoms with E-state index in [9.17, 15) is 0 Å². The Morgan fingerprint density at radius 1 is 1.06 bits per heavy atom. The standard InChI is InChI=1S/C26H36N4O2.HI/c1-4-27-26(28-19-22-9-7-10-24(18-22)30-13-5-6-14-30)29-20-23-12-11-21(2)17-25(23)32-16-8-15-31-3;/h5-7,9-12,17-18H,4,8,13-16,19-20H2,1-3H3,(H2,27,28,29);1H. The molecule has 0 radical (unpaired) electrons. The van der Waals surface area contributed by atoms with Crippen LogP contribution in [0.25, 0.3) is 0 Å². The van der Waals surface area contributed by atoms with Crippen molar-refractivity contribution in [1.82, 2.24) is 10.6 Å². The Morgan fingerprint density at radius 2 is 1.88 bits per heavy atom. The Hall–Kier alpha value is -2.26. The minimum Gasteiger partial charge on any atom is -0.493 e. The predicted molar refractivity (Wildman–Crippen MR) is 148 cm³/mol. The molecule has 2 N–H and O–H groups in total. The fraction of sp³-hybridized carbons (Fsp3) is 0.423. The summed E-state index contributed by atoms with van der Waals surface area (Å²) in [6.07, 6.45) is 5.28. The molecule has 0 fully saturated rings. The molecule has 0 bridgehead atoms. The topological polar surface area (TPSA) is 58.1 Å². The SMILES string of the molecule is CCNC(=NCc1cccc(N2CC=CC2)c1)NCc1ccc(C)cc1OCCCOC.I. The number of hydrogen-bond donors (Lipinski definition) is 2. The van der Waals surface area contributed by atoms with Crippen LogP contribution in [0.2, 0.25) is 0 Å². The average Bonchev–Trinajstić information content (AvgIpc) is 3.35. The van der Waals surface area contributed by atoms with Gasteiger partial charge in [-0.15, -0.1) is 24.0 Å². The van der Waals surface area contributed by atoms with Crippen LogP contribution in [0.3, 0.4) is 0 Å². The van der Waals surface area contributed by atoms with Crippen LogP contribution in [0, 0.1) is 6.92 Å². The summed E-state index contributed by atoms with van der Waals surface area (Å²) in [6.45, 7) is 9.52. The summed E-state index contributed by atoms with van der Waals surface area (Å²) in [5.41, 5.74) is 4.74. The van der Waals surface area contributed by atoms with Gasteiger partial charge in [0.05, 0.1) is 13.2 Å². The number of aliphatic imine (C=N–C) groups is 1. The average molecular weight is 565 g/mol. The molecule has 0 spiro atoms. The lowest BCUT2D eigenvalue weighted by Crippen LogP contribution is -2.36. The van der Waals surface area contributed by atoms with E-state index < -0.39 is 0 Å². The fourth-order valence-corrected chi connectivity index (χ4v) is 3.56. The molecule has 180 valence electrons. The molecule has 0 amide bonds. The molecule has 0 aromatic heterocycles. The third-order valence-electron chi connectivity index (χ3n) is 5.28. The van der Waals surface area contributed by atoms with Crippen LogP contribution in [0.15, 0.2) is 59.6 Å². The number of nitrogens with one attached hydrogen (secondary N) is 2. The van der Waals surface area contributed by atoms with Gasteiger partial charge in [-0.25, -0.2) is 4.99 Å². The molecule has 6 nitrogen and oxygen atoms in total. The molecule has 0 saturated carbocycles. The van der Waals surface area contributed by atoms with Gasteiger partial charge in [-0.1, -0.05) is 36.4 Å². The lowest BCUT2D eigenvalue weighted by atomic mass is 10.1. The Balaban J connectivity index is 0.00000385. The van der Waals surface area contributed by atoms with Crippen molar-refractivity contribution in [3.05, 3.63) is 71.3 Å². The van der Waals surface area contributed by atoms with Crippen LogP contribution >= 0.6 is 24.0 Å². The smallest absolute Gasteiger partial charge is 0.191 e. The van der Waals surface area contributed by atoms with Crippen LogP contribution in [0.4, 0.5) is 5.69 Å². The second-order valence-electron chi connectivity index (χ2n) is 7.90. The molecule has 0 unspecified atom stereocenters. The highest BCUT2D eigenvalue weighted by Gasteiger charge is 2.09. The normalized spacial score (nSPS) is 13.1. The Labute approximate surface area is 215 Å². The number of nitrogens with zero attached hydrogens (tertiary/aromatic N) is 2. The van der Waals surface area contributed by atoms with Crippen molar-refractivity contribution in [2.75, 3.05) is 44.9 Å². The van der Waals surface area contributed by atoms with Gasteiger partial charge < -0.3 is 25.0 Å². The number of methoxy groups -OCH3 is 1. The number of aryl methyl sites for hydroxylation is 1. The third kappa shape index (κ3) is 8.89. The number of anilines is 1. The van der Waals surface area contributed by atoms with Crippen molar-refractivity contribution in [2.45, 2.75) is 33.4 Å². The van der Waals surface area contributed by atoms with Crippen molar-refractivity contribution >= 4 is 35.6 Å². The lowest BCUT2D eigenvalue weighted by Gasteiger charge is -2.18. The van der Waals surface area contributed by atoms with Crippen molar-refractivity contribution in [3.63, 3.8) is 0 Å². The summed E-state index contributed by atoms with van der Waals surface area (Å²) in [5, 5.41) is 6.80. The molecular weight excluding hydrogens is 527 g/mol. The molecule has 33 heavy (non-hydrogen) atoms. The van der Waals surface area contributed by atoms with Gasteiger partial charge in [0, 0.05) is 57.6 Å². The molecule has 1 heterocycles. The molecule has 1 aliphatic rings. The molecule has 7 heteroatoms. The van der Waals surface area contributed by atoms with E-state index in [0.29, 0.717) is 26.3 Å². The van der Waals surface area contributed by atoms with Gasteiger partial charge in [0.25, 0.3) is 0 Å². The van der Waals surface area contributed by atoms with E-state index in [1.807, 2.05) is 0 Å². The van der Waals surface area contributed by atoms with Crippen LogP contribution < -0.4 is 20.3 Å². The van der Waals surface area contributed by atoms with E-state index in [2.05, 4.69) is 84.0 Å². The highest BCUT2D eigenvalue weighted by Crippen LogP contribution is 2.21. The van der Waals surface area contributed by atoms with E-state index in [1.165, 1.54) is 16.8 Å². The Kier molecular flexibility index (Phi) is 12.1. The first-order valence-electron chi connectivity index (χ1n) is 11.4. The molecule has 0 aliphatic carbocycles. The van der Waals surface area contributed by atoms with Gasteiger partial charge in [-0.3, -0.25) is 0 Å². The minimum absolute atomic E-state index is 0. The van der Waals surface area contributed by atoms with Crippen LogP contribution in [-0.2, 0) is 17.8 Å². The first-order chi connectivity index (χ1) is 15.7.